The lowest BCUT2D eigenvalue weighted by molar-refractivity contribution is -0.146. The molecule has 1 unspecified atom stereocenters. The maximum absolute atomic E-state index is 14.5. The van der Waals surface area contributed by atoms with Gasteiger partial charge in [-0.3, -0.25) is 14.5 Å². The highest BCUT2D eigenvalue weighted by Gasteiger charge is 2.40. The van der Waals surface area contributed by atoms with Crippen LogP contribution in [-0.4, -0.2) is 61.1 Å². The van der Waals surface area contributed by atoms with Crippen molar-refractivity contribution in [1.29, 1.82) is 0 Å². The minimum absolute atomic E-state index is 0.0990. The third kappa shape index (κ3) is 7.77. The first-order chi connectivity index (χ1) is 26.7. The molecule has 5 aromatic rings. The molecule has 0 saturated carbocycles. The standard InChI is InChI=1S/C45H45N3O7/c1-5-38(31-9-7-6-8-10-31)48-27-34-26-41-39(47(2)44(51)42(55-41)32-15-19-35(49)20-16-32)24-33(34)25-40(48)43(50)46-37(45(52)54-4)23-28-11-13-29(14-12-28)30-17-21-36(53-3)22-18-30/h6-22,24,26,37-38,40,42,49H,5,23,25,27H2,1-4H3,(H,46,50)/t37?,38-,40-,42-/m0/s1. The fourth-order valence-corrected chi connectivity index (χ4v) is 7.68. The van der Waals surface area contributed by atoms with Crippen LogP contribution in [0.1, 0.15) is 53.3 Å². The van der Waals surface area contributed by atoms with Crippen molar-refractivity contribution < 1.29 is 33.7 Å². The zero-order chi connectivity index (χ0) is 38.6. The molecule has 2 N–H and O–H groups in total. The van der Waals surface area contributed by atoms with Gasteiger partial charge >= 0.3 is 5.97 Å². The average Bonchev–Trinajstić information content (AvgIpc) is 3.22. The molecular weight excluding hydrogens is 695 g/mol. The van der Waals surface area contributed by atoms with Gasteiger partial charge in [0.1, 0.15) is 23.3 Å². The Hall–Kier alpha value is -6.13. The summed E-state index contributed by atoms with van der Waals surface area (Å²) in [6.45, 7) is 2.54. The van der Waals surface area contributed by atoms with Crippen molar-refractivity contribution in [2.75, 3.05) is 26.2 Å². The summed E-state index contributed by atoms with van der Waals surface area (Å²) in [7, 11) is 4.68. The van der Waals surface area contributed by atoms with E-state index >= 15 is 0 Å². The second-order valence-electron chi connectivity index (χ2n) is 14.0. The molecule has 2 amide bonds. The van der Waals surface area contributed by atoms with Crippen molar-refractivity contribution in [3.63, 3.8) is 0 Å². The normalized spacial score (nSPS) is 17.6. The largest absolute Gasteiger partial charge is 0.508 e. The molecular formula is C45H45N3O7. The van der Waals surface area contributed by atoms with Crippen LogP contribution in [0.2, 0.25) is 0 Å². The molecule has 0 bridgehead atoms. The molecule has 55 heavy (non-hydrogen) atoms. The summed E-state index contributed by atoms with van der Waals surface area (Å²) < 4.78 is 16.8. The zero-order valence-electron chi connectivity index (χ0n) is 31.4. The van der Waals surface area contributed by atoms with Gasteiger partial charge in [0.2, 0.25) is 12.0 Å². The molecule has 10 heteroatoms. The summed E-state index contributed by atoms with van der Waals surface area (Å²) in [5.74, 6) is 0.407. The van der Waals surface area contributed by atoms with Gasteiger partial charge in [-0.15, -0.1) is 0 Å². The quantitative estimate of drug-likeness (QED) is 0.140. The van der Waals surface area contributed by atoms with Crippen molar-refractivity contribution in [2.45, 2.75) is 57.0 Å². The third-order valence-corrected chi connectivity index (χ3v) is 10.7. The smallest absolute Gasteiger partial charge is 0.328 e. The van der Waals surface area contributed by atoms with E-state index in [0.29, 0.717) is 30.0 Å². The van der Waals surface area contributed by atoms with Gasteiger partial charge in [-0.25, -0.2) is 4.79 Å². The molecule has 0 saturated heterocycles. The molecule has 0 spiro atoms. The Morgan fingerprint density at radius 1 is 0.891 bits per heavy atom. The molecule has 2 heterocycles. The van der Waals surface area contributed by atoms with Crippen molar-refractivity contribution >= 4 is 23.5 Å². The molecule has 282 valence electrons. The van der Waals surface area contributed by atoms with Crippen LogP contribution in [0.15, 0.2) is 115 Å². The van der Waals surface area contributed by atoms with E-state index in [1.165, 1.54) is 19.2 Å². The Bertz CT molecular complexity index is 2150. The van der Waals surface area contributed by atoms with Crippen LogP contribution < -0.4 is 19.7 Å². The number of carbonyl (C=O) groups excluding carboxylic acids is 3. The number of methoxy groups -OCH3 is 2. The minimum atomic E-state index is -0.915. The second-order valence-corrected chi connectivity index (χ2v) is 14.0. The summed E-state index contributed by atoms with van der Waals surface area (Å²) >= 11 is 0. The maximum atomic E-state index is 14.5. The number of benzene rings is 5. The van der Waals surface area contributed by atoms with Crippen molar-refractivity contribution in [1.82, 2.24) is 10.2 Å². The number of nitrogens with zero attached hydrogens (tertiary/aromatic N) is 2. The first kappa shape index (κ1) is 37.2. The topological polar surface area (TPSA) is 118 Å². The van der Waals surface area contributed by atoms with E-state index in [4.69, 9.17) is 14.2 Å². The number of phenols is 1. The number of aromatic hydroxyl groups is 1. The van der Waals surface area contributed by atoms with Crippen molar-refractivity contribution in [3.05, 3.63) is 143 Å². The van der Waals surface area contributed by atoms with Gasteiger partial charge in [0.05, 0.1) is 25.9 Å². The minimum Gasteiger partial charge on any atom is -0.508 e. The SMILES string of the molecule is CC[C@@H](c1ccccc1)N1Cc2cc3c(cc2C[C@H]1C(=O)NC(Cc1ccc(-c2ccc(OC)cc2)cc1)C(=O)OC)N(C)C(=O)[C@H](c1ccc(O)cc1)O3. The highest BCUT2D eigenvalue weighted by molar-refractivity contribution is 6.00. The summed E-state index contributed by atoms with van der Waals surface area (Å²) in [6, 6.07) is 34.6. The number of hydrogen-bond acceptors (Lipinski definition) is 8. The number of likely N-dealkylation sites (N-methyl/N-ethyl adjacent to an activating group) is 1. The highest BCUT2D eigenvalue weighted by Crippen LogP contribution is 2.43. The van der Waals surface area contributed by atoms with Crippen LogP contribution in [0.3, 0.4) is 0 Å². The van der Waals surface area contributed by atoms with E-state index in [1.807, 2.05) is 78.9 Å². The molecule has 4 atom stereocenters. The Balaban J connectivity index is 1.17. The van der Waals surface area contributed by atoms with Gasteiger partial charge in [0.15, 0.2) is 0 Å². The predicted octanol–water partition coefficient (Wildman–Crippen LogP) is 6.94. The van der Waals surface area contributed by atoms with E-state index in [-0.39, 0.29) is 30.0 Å². The van der Waals surface area contributed by atoms with Crippen LogP contribution in [0, 0.1) is 0 Å². The Morgan fingerprint density at radius 3 is 2.20 bits per heavy atom. The van der Waals surface area contributed by atoms with Crippen LogP contribution >= 0.6 is 0 Å². The van der Waals surface area contributed by atoms with Crippen molar-refractivity contribution in [3.8, 4) is 28.4 Å². The Kier molecular flexibility index (Phi) is 10.9. The van der Waals surface area contributed by atoms with Gasteiger partial charge in [0, 0.05) is 31.6 Å². The molecule has 0 fully saturated rings. The number of esters is 1. The number of fused-ring (bicyclic) bond motifs is 2. The molecule has 10 nitrogen and oxygen atoms in total. The first-order valence-corrected chi connectivity index (χ1v) is 18.5. The molecule has 7 rings (SSSR count). The van der Waals surface area contributed by atoms with Crippen LogP contribution in [0.25, 0.3) is 11.1 Å². The molecule has 0 radical (unpaired) electrons. The maximum Gasteiger partial charge on any atom is 0.328 e. The number of rotatable bonds is 11. The lowest BCUT2D eigenvalue weighted by Crippen LogP contribution is -2.55. The summed E-state index contributed by atoms with van der Waals surface area (Å²) in [4.78, 5) is 45.1. The number of ether oxygens (including phenoxy) is 3. The zero-order valence-corrected chi connectivity index (χ0v) is 31.4. The number of hydrogen-bond donors (Lipinski definition) is 2. The van der Waals surface area contributed by atoms with E-state index in [0.717, 1.165) is 45.6 Å². The van der Waals surface area contributed by atoms with Gasteiger partial charge in [-0.2, -0.15) is 0 Å². The number of carbonyl (C=O) groups is 3. The van der Waals surface area contributed by atoms with Crippen LogP contribution in [0.4, 0.5) is 5.69 Å². The van der Waals surface area contributed by atoms with Gasteiger partial charge in [0.25, 0.3) is 5.91 Å². The second kappa shape index (κ2) is 16.1. The lowest BCUT2D eigenvalue weighted by Gasteiger charge is -2.42. The first-order valence-electron chi connectivity index (χ1n) is 18.5. The van der Waals surface area contributed by atoms with E-state index in [1.54, 1.807) is 31.2 Å². The summed E-state index contributed by atoms with van der Waals surface area (Å²) in [5, 5.41) is 12.9. The summed E-state index contributed by atoms with van der Waals surface area (Å²) in [6.07, 6.45) is 0.480. The van der Waals surface area contributed by atoms with E-state index < -0.39 is 24.2 Å². The van der Waals surface area contributed by atoms with Crippen LogP contribution in [-0.2, 0) is 38.5 Å². The summed E-state index contributed by atoms with van der Waals surface area (Å²) in [5.41, 5.74) is 7.18. The lowest BCUT2D eigenvalue weighted by atomic mass is 9.88. The fourth-order valence-electron chi connectivity index (χ4n) is 7.68. The average molecular weight is 740 g/mol. The van der Waals surface area contributed by atoms with E-state index in [9.17, 15) is 19.5 Å². The van der Waals surface area contributed by atoms with Crippen LogP contribution in [0.5, 0.6) is 17.2 Å². The predicted molar refractivity (Wildman–Crippen MR) is 210 cm³/mol. The monoisotopic (exact) mass is 739 g/mol. The number of amides is 2. The molecule has 0 aliphatic carbocycles. The van der Waals surface area contributed by atoms with Crippen molar-refractivity contribution in [2.24, 2.45) is 0 Å². The fraction of sp³-hybridized carbons (Fsp3) is 0.267. The van der Waals surface area contributed by atoms with E-state index in [2.05, 4.69) is 29.3 Å². The van der Waals surface area contributed by atoms with Gasteiger partial charge < -0.3 is 29.5 Å². The molecule has 2 aliphatic rings. The third-order valence-electron chi connectivity index (χ3n) is 10.7. The molecule has 5 aromatic carbocycles. The number of nitrogens with one attached hydrogen (secondary N) is 1. The van der Waals surface area contributed by atoms with Gasteiger partial charge in [-0.05, 0) is 82.6 Å². The molecule has 2 aliphatic heterocycles. The Labute approximate surface area is 321 Å². The number of phenolic OH excluding ortho intramolecular Hbond substituents is 1. The van der Waals surface area contributed by atoms with Gasteiger partial charge in [-0.1, -0.05) is 85.8 Å². The Morgan fingerprint density at radius 2 is 1.56 bits per heavy atom. The number of anilines is 1. The highest BCUT2D eigenvalue weighted by atomic mass is 16.5. The molecule has 0 aromatic heterocycles.